The Bertz CT molecular complexity index is 1530. The quantitative estimate of drug-likeness (QED) is 0.118. The van der Waals surface area contributed by atoms with Crippen molar-refractivity contribution in [2.75, 3.05) is 22.0 Å². The first-order valence-electron chi connectivity index (χ1n) is 17.5. The summed E-state index contributed by atoms with van der Waals surface area (Å²) in [6.07, 6.45) is 6.02. The number of hydrogen-bond acceptors (Lipinski definition) is 5. The van der Waals surface area contributed by atoms with Crippen LogP contribution in [0.4, 0.5) is 22.7 Å². The maximum Gasteiger partial charge on any atom is 0.262 e. The number of rotatable bonds is 18. The first-order valence-corrected chi connectivity index (χ1v) is 18.9. The summed E-state index contributed by atoms with van der Waals surface area (Å²) in [6, 6.07) is 17.0. The van der Waals surface area contributed by atoms with Crippen LogP contribution in [0.1, 0.15) is 135 Å². The number of unbranched alkanes of at least 4 members (excludes halogenated alkanes) is 3. The number of benzene rings is 3. The molecule has 0 fully saturated rings. The molecule has 0 atom stereocenters. The minimum Gasteiger partial charge on any atom is -0.494 e. The topological polar surface area (TPSA) is 96.5 Å². The highest BCUT2D eigenvalue weighted by Gasteiger charge is 2.27. The number of carbonyl (C=O) groups excluding carboxylic acids is 1. The summed E-state index contributed by atoms with van der Waals surface area (Å²) in [5.74, 6) is 0.850. The van der Waals surface area contributed by atoms with Crippen molar-refractivity contribution < 1.29 is 17.9 Å². The van der Waals surface area contributed by atoms with Crippen molar-refractivity contribution in [2.24, 2.45) is 5.92 Å². The molecule has 3 N–H and O–H groups in total. The van der Waals surface area contributed by atoms with Crippen LogP contribution in [0.25, 0.3) is 0 Å². The summed E-state index contributed by atoms with van der Waals surface area (Å²) in [6.45, 7) is 19.2. The lowest BCUT2D eigenvalue weighted by Crippen LogP contribution is -2.22. The highest BCUT2D eigenvalue weighted by Crippen LogP contribution is 2.37. The van der Waals surface area contributed by atoms with Crippen molar-refractivity contribution >= 4 is 38.7 Å². The van der Waals surface area contributed by atoms with Gasteiger partial charge < -0.3 is 15.4 Å². The van der Waals surface area contributed by atoms with Crippen LogP contribution in [0.15, 0.2) is 59.5 Å². The molecule has 0 heterocycles. The third kappa shape index (κ3) is 10.5. The van der Waals surface area contributed by atoms with Gasteiger partial charge in [0.05, 0.1) is 28.6 Å². The van der Waals surface area contributed by atoms with Gasteiger partial charge in [0.25, 0.3) is 10.0 Å². The summed E-state index contributed by atoms with van der Waals surface area (Å²) in [7, 11) is -3.96. The van der Waals surface area contributed by atoms with E-state index in [9.17, 15) is 13.2 Å². The second-order valence-corrected chi connectivity index (χ2v) is 15.0. The summed E-state index contributed by atoms with van der Waals surface area (Å²) < 4.78 is 37.1. The fraction of sp³-hybridized carbons (Fsp3) is 0.513. The van der Waals surface area contributed by atoms with Crippen molar-refractivity contribution in [3.05, 3.63) is 71.3 Å². The molecule has 7 nitrogen and oxygen atoms in total. The van der Waals surface area contributed by atoms with E-state index < -0.39 is 10.0 Å². The standard InChI is InChI=1S/C39H57N3O4S/c1-10-13-14-15-22-46-33-19-16-31(17-20-33)40-36-21-18-32(25-37(36)41-39(43)29(11-2)12-3)42-47(44,45)38-34(27(6)7)23-30(26(4)5)24-35(38)28(8)9/h16-21,23-29,40,42H,10-15,22H2,1-9H3,(H,41,43). The van der Waals surface area contributed by atoms with E-state index in [-0.39, 0.29) is 29.6 Å². The van der Waals surface area contributed by atoms with Gasteiger partial charge in [0.15, 0.2) is 0 Å². The predicted molar refractivity (Wildman–Crippen MR) is 198 cm³/mol. The molecule has 0 saturated heterocycles. The zero-order chi connectivity index (χ0) is 34.7. The average molecular weight is 664 g/mol. The van der Waals surface area contributed by atoms with Crippen LogP contribution in [0.5, 0.6) is 5.75 Å². The van der Waals surface area contributed by atoms with Crippen molar-refractivity contribution in [3.63, 3.8) is 0 Å². The zero-order valence-corrected chi connectivity index (χ0v) is 30.8. The molecular formula is C39H57N3O4S. The molecule has 0 aliphatic heterocycles. The Morgan fingerprint density at radius 2 is 1.32 bits per heavy atom. The van der Waals surface area contributed by atoms with Gasteiger partial charge in [-0.05, 0) is 96.2 Å². The lowest BCUT2D eigenvalue weighted by Gasteiger charge is -2.23. The van der Waals surface area contributed by atoms with E-state index in [1.807, 2.05) is 77.9 Å². The van der Waals surface area contributed by atoms with E-state index in [4.69, 9.17) is 4.74 Å². The molecule has 47 heavy (non-hydrogen) atoms. The number of anilines is 4. The fourth-order valence-electron chi connectivity index (χ4n) is 5.63. The van der Waals surface area contributed by atoms with Crippen molar-refractivity contribution in [1.29, 1.82) is 0 Å². The van der Waals surface area contributed by atoms with E-state index in [0.29, 0.717) is 41.4 Å². The molecule has 258 valence electrons. The Kier molecular flexibility index (Phi) is 14.2. The molecule has 0 aliphatic carbocycles. The second-order valence-electron chi connectivity index (χ2n) is 13.4. The molecular weight excluding hydrogens is 607 g/mol. The first-order chi connectivity index (χ1) is 22.3. The lowest BCUT2D eigenvalue weighted by molar-refractivity contribution is -0.120. The maximum atomic E-state index is 14.2. The number of ether oxygens (including phenoxy) is 1. The maximum absolute atomic E-state index is 14.2. The summed E-state index contributed by atoms with van der Waals surface area (Å²) in [5, 5.41) is 6.48. The molecule has 8 heteroatoms. The minimum absolute atomic E-state index is 0.0112. The van der Waals surface area contributed by atoms with Crippen LogP contribution in [0.3, 0.4) is 0 Å². The Balaban J connectivity index is 1.97. The number of nitrogens with one attached hydrogen (secondary N) is 3. The Morgan fingerprint density at radius 1 is 0.723 bits per heavy atom. The monoisotopic (exact) mass is 663 g/mol. The van der Waals surface area contributed by atoms with Crippen LogP contribution in [0.2, 0.25) is 0 Å². The fourth-order valence-corrected chi connectivity index (χ4v) is 7.38. The molecule has 0 radical (unpaired) electrons. The van der Waals surface area contributed by atoms with Gasteiger partial charge in [0.2, 0.25) is 5.91 Å². The van der Waals surface area contributed by atoms with Gasteiger partial charge in [-0.3, -0.25) is 9.52 Å². The molecule has 0 bridgehead atoms. The third-order valence-corrected chi connectivity index (χ3v) is 10.1. The Labute approximate surface area is 284 Å². The van der Waals surface area contributed by atoms with Crippen molar-refractivity contribution in [2.45, 2.75) is 123 Å². The van der Waals surface area contributed by atoms with E-state index >= 15 is 0 Å². The van der Waals surface area contributed by atoms with E-state index in [2.05, 4.69) is 36.1 Å². The second kappa shape index (κ2) is 17.6. The first kappa shape index (κ1) is 37.9. The summed E-state index contributed by atoms with van der Waals surface area (Å²) in [4.78, 5) is 13.6. The Hall–Kier alpha value is -3.52. The molecule has 0 aromatic heterocycles. The molecule has 1 amide bonds. The van der Waals surface area contributed by atoms with Crippen molar-refractivity contribution in [1.82, 2.24) is 0 Å². The molecule has 0 spiro atoms. The molecule has 3 rings (SSSR count). The van der Waals surface area contributed by atoms with Crippen LogP contribution in [-0.4, -0.2) is 20.9 Å². The zero-order valence-electron chi connectivity index (χ0n) is 30.0. The molecule has 0 unspecified atom stereocenters. The van der Waals surface area contributed by atoms with E-state index in [1.54, 1.807) is 18.2 Å². The summed E-state index contributed by atoms with van der Waals surface area (Å²) >= 11 is 0. The molecule has 0 aliphatic rings. The summed E-state index contributed by atoms with van der Waals surface area (Å²) in [5.41, 5.74) is 5.10. The van der Waals surface area contributed by atoms with E-state index in [0.717, 1.165) is 41.0 Å². The number of sulfonamides is 1. The van der Waals surface area contributed by atoms with Crippen molar-refractivity contribution in [3.8, 4) is 5.75 Å². The molecule has 3 aromatic rings. The van der Waals surface area contributed by atoms with Gasteiger partial charge in [-0.1, -0.05) is 93.7 Å². The number of hydrogen-bond donors (Lipinski definition) is 3. The average Bonchev–Trinajstić information content (AvgIpc) is 3.02. The van der Waals surface area contributed by atoms with Crippen LogP contribution in [0, 0.1) is 5.92 Å². The predicted octanol–water partition coefficient (Wildman–Crippen LogP) is 10.9. The van der Waals surface area contributed by atoms with Crippen LogP contribution >= 0.6 is 0 Å². The largest absolute Gasteiger partial charge is 0.494 e. The highest BCUT2D eigenvalue weighted by molar-refractivity contribution is 7.92. The van der Waals surface area contributed by atoms with E-state index in [1.165, 1.54) is 12.8 Å². The smallest absolute Gasteiger partial charge is 0.262 e. The van der Waals surface area contributed by atoms with Gasteiger partial charge in [-0.15, -0.1) is 0 Å². The van der Waals surface area contributed by atoms with Crippen LogP contribution in [-0.2, 0) is 14.8 Å². The number of amides is 1. The third-order valence-electron chi connectivity index (χ3n) is 8.63. The minimum atomic E-state index is -3.96. The van der Waals surface area contributed by atoms with Gasteiger partial charge in [-0.25, -0.2) is 8.42 Å². The lowest BCUT2D eigenvalue weighted by atomic mass is 9.89. The van der Waals surface area contributed by atoms with Gasteiger partial charge in [0, 0.05) is 11.6 Å². The number of carbonyl (C=O) groups is 1. The van der Waals surface area contributed by atoms with Gasteiger partial charge in [-0.2, -0.15) is 0 Å². The van der Waals surface area contributed by atoms with Gasteiger partial charge in [0.1, 0.15) is 5.75 Å². The van der Waals surface area contributed by atoms with Gasteiger partial charge >= 0.3 is 0 Å². The molecule has 0 saturated carbocycles. The normalized spacial score (nSPS) is 11.9. The molecule has 3 aromatic carbocycles. The highest BCUT2D eigenvalue weighted by atomic mass is 32.2. The van der Waals surface area contributed by atoms with Crippen LogP contribution < -0.4 is 20.1 Å². The SMILES string of the molecule is CCCCCCOc1ccc(Nc2ccc(NS(=O)(=O)c3c(C(C)C)cc(C(C)C)cc3C(C)C)cc2NC(=O)C(CC)CC)cc1. The Morgan fingerprint density at radius 3 is 1.85 bits per heavy atom.